The summed E-state index contributed by atoms with van der Waals surface area (Å²) in [7, 11) is 0. The molecule has 0 radical (unpaired) electrons. The zero-order chi connectivity index (χ0) is 14.4. The van der Waals surface area contributed by atoms with E-state index in [2.05, 4.69) is 34.7 Å². The van der Waals surface area contributed by atoms with Crippen LogP contribution in [0.15, 0.2) is 30.3 Å². The number of nitrogens with one attached hydrogen (secondary N) is 1. The molecule has 1 aromatic carbocycles. The van der Waals surface area contributed by atoms with E-state index in [0.717, 1.165) is 17.9 Å². The standard InChI is InChI=1S/C14H21N5O/c1-11(2)8-12(10-20)15-9-14-16-17-18-19(14)13-6-4-3-5-7-13/h3-7,11-12,15,20H,8-10H2,1-2H3. The van der Waals surface area contributed by atoms with Crippen molar-refractivity contribution >= 4 is 0 Å². The van der Waals surface area contributed by atoms with Crippen LogP contribution in [-0.4, -0.2) is 38.0 Å². The Hall–Kier alpha value is -1.79. The lowest BCUT2D eigenvalue weighted by molar-refractivity contribution is 0.222. The summed E-state index contributed by atoms with van der Waals surface area (Å²) in [4.78, 5) is 0. The number of benzene rings is 1. The molecular weight excluding hydrogens is 254 g/mol. The normalized spacial score (nSPS) is 12.8. The predicted molar refractivity (Wildman–Crippen MR) is 76.3 cm³/mol. The fraction of sp³-hybridized carbons (Fsp3) is 0.500. The van der Waals surface area contributed by atoms with Gasteiger partial charge in [-0.1, -0.05) is 32.0 Å². The van der Waals surface area contributed by atoms with Gasteiger partial charge in [-0.3, -0.25) is 0 Å². The number of aromatic nitrogens is 4. The Labute approximate surface area is 118 Å². The second-order valence-electron chi connectivity index (χ2n) is 5.23. The lowest BCUT2D eigenvalue weighted by Gasteiger charge is -2.17. The summed E-state index contributed by atoms with van der Waals surface area (Å²) in [5, 5.41) is 24.4. The van der Waals surface area contributed by atoms with Crippen molar-refractivity contribution in [2.24, 2.45) is 5.92 Å². The summed E-state index contributed by atoms with van der Waals surface area (Å²) in [5.41, 5.74) is 0.929. The zero-order valence-electron chi connectivity index (χ0n) is 11.9. The highest BCUT2D eigenvalue weighted by atomic mass is 16.3. The Morgan fingerprint density at radius 1 is 1.25 bits per heavy atom. The van der Waals surface area contributed by atoms with Crippen molar-refractivity contribution in [3.63, 3.8) is 0 Å². The Bertz CT molecular complexity index is 511. The average molecular weight is 275 g/mol. The van der Waals surface area contributed by atoms with Crippen molar-refractivity contribution in [1.29, 1.82) is 0 Å². The van der Waals surface area contributed by atoms with E-state index in [9.17, 15) is 5.11 Å². The monoisotopic (exact) mass is 275 g/mol. The Kier molecular flexibility index (Phi) is 5.20. The van der Waals surface area contributed by atoms with Gasteiger partial charge in [0.1, 0.15) is 0 Å². The quantitative estimate of drug-likeness (QED) is 0.793. The maximum absolute atomic E-state index is 9.37. The largest absolute Gasteiger partial charge is 0.395 e. The highest BCUT2D eigenvalue weighted by Gasteiger charge is 2.12. The third-order valence-corrected chi connectivity index (χ3v) is 3.06. The molecule has 2 N–H and O–H groups in total. The number of hydrogen-bond acceptors (Lipinski definition) is 5. The number of aliphatic hydroxyl groups is 1. The van der Waals surface area contributed by atoms with Crippen molar-refractivity contribution in [2.45, 2.75) is 32.9 Å². The number of tetrazole rings is 1. The number of nitrogens with zero attached hydrogens (tertiary/aromatic N) is 4. The average Bonchev–Trinajstić information content (AvgIpc) is 2.92. The van der Waals surface area contributed by atoms with Crippen molar-refractivity contribution in [2.75, 3.05) is 6.61 Å². The molecule has 1 heterocycles. The van der Waals surface area contributed by atoms with Crippen molar-refractivity contribution < 1.29 is 5.11 Å². The summed E-state index contributed by atoms with van der Waals surface area (Å²) in [6.45, 7) is 4.92. The van der Waals surface area contributed by atoms with Gasteiger partial charge >= 0.3 is 0 Å². The molecule has 1 unspecified atom stereocenters. The number of hydrogen-bond donors (Lipinski definition) is 2. The Morgan fingerprint density at radius 3 is 2.65 bits per heavy atom. The van der Waals surface area contributed by atoms with Gasteiger partial charge in [0.05, 0.1) is 18.8 Å². The van der Waals surface area contributed by atoms with Crippen LogP contribution in [0.2, 0.25) is 0 Å². The van der Waals surface area contributed by atoms with Crippen LogP contribution < -0.4 is 5.32 Å². The summed E-state index contributed by atoms with van der Waals surface area (Å²) < 4.78 is 1.71. The highest BCUT2D eigenvalue weighted by molar-refractivity contribution is 5.30. The number of para-hydroxylation sites is 1. The molecule has 0 amide bonds. The summed E-state index contributed by atoms with van der Waals surface area (Å²) in [6, 6.07) is 9.83. The van der Waals surface area contributed by atoms with Gasteiger partial charge in [0.15, 0.2) is 5.82 Å². The first kappa shape index (κ1) is 14.6. The van der Waals surface area contributed by atoms with Crippen LogP contribution in [0, 0.1) is 5.92 Å². The van der Waals surface area contributed by atoms with E-state index in [1.807, 2.05) is 30.3 Å². The minimum absolute atomic E-state index is 0.0657. The molecule has 6 nitrogen and oxygen atoms in total. The maximum Gasteiger partial charge on any atom is 0.170 e. The van der Waals surface area contributed by atoms with Crippen LogP contribution in [0.3, 0.4) is 0 Å². The molecule has 108 valence electrons. The van der Waals surface area contributed by atoms with Gasteiger partial charge in [-0.25, -0.2) is 0 Å². The maximum atomic E-state index is 9.37. The first-order valence-corrected chi connectivity index (χ1v) is 6.87. The lowest BCUT2D eigenvalue weighted by atomic mass is 10.0. The molecule has 0 saturated carbocycles. The minimum atomic E-state index is 0.0657. The van der Waals surface area contributed by atoms with Crippen LogP contribution in [0.4, 0.5) is 0 Å². The molecule has 2 rings (SSSR count). The van der Waals surface area contributed by atoms with Gasteiger partial charge in [-0.2, -0.15) is 4.68 Å². The number of rotatable bonds is 7. The van der Waals surface area contributed by atoms with Gasteiger partial charge < -0.3 is 10.4 Å². The molecule has 0 spiro atoms. The van der Waals surface area contributed by atoms with E-state index in [1.165, 1.54) is 0 Å². The van der Waals surface area contributed by atoms with Gasteiger partial charge in [0, 0.05) is 6.04 Å². The first-order chi connectivity index (χ1) is 9.70. The molecule has 0 bridgehead atoms. The Morgan fingerprint density at radius 2 is 2.00 bits per heavy atom. The third-order valence-electron chi connectivity index (χ3n) is 3.06. The summed E-state index contributed by atoms with van der Waals surface area (Å²) in [5.74, 6) is 1.27. The van der Waals surface area contributed by atoms with Gasteiger partial charge in [-0.05, 0) is 34.9 Å². The van der Waals surface area contributed by atoms with E-state index in [4.69, 9.17) is 0 Å². The van der Waals surface area contributed by atoms with Crippen molar-refractivity contribution in [3.8, 4) is 5.69 Å². The topological polar surface area (TPSA) is 75.9 Å². The smallest absolute Gasteiger partial charge is 0.170 e. The van der Waals surface area contributed by atoms with Crippen LogP contribution in [0.5, 0.6) is 0 Å². The van der Waals surface area contributed by atoms with E-state index in [0.29, 0.717) is 12.5 Å². The van der Waals surface area contributed by atoms with Gasteiger partial charge in [-0.15, -0.1) is 5.10 Å². The predicted octanol–water partition coefficient (Wildman–Crippen LogP) is 1.16. The van der Waals surface area contributed by atoms with Gasteiger partial charge in [0.2, 0.25) is 0 Å². The fourth-order valence-electron chi connectivity index (χ4n) is 2.11. The molecule has 6 heteroatoms. The second kappa shape index (κ2) is 7.12. The van der Waals surface area contributed by atoms with E-state index >= 15 is 0 Å². The third kappa shape index (κ3) is 3.85. The first-order valence-electron chi connectivity index (χ1n) is 6.87. The molecule has 0 aliphatic carbocycles. The van der Waals surface area contributed by atoms with Crippen LogP contribution >= 0.6 is 0 Å². The minimum Gasteiger partial charge on any atom is -0.395 e. The number of aliphatic hydroxyl groups excluding tert-OH is 1. The van der Waals surface area contributed by atoms with E-state index in [-0.39, 0.29) is 12.6 Å². The fourth-order valence-corrected chi connectivity index (χ4v) is 2.11. The molecule has 0 aliphatic heterocycles. The van der Waals surface area contributed by atoms with E-state index < -0.39 is 0 Å². The highest BCUT2D eigenvalue weighted by Crippen LogP contribution is 2.08. The lowest BCUT2D eigenvalue weighted by Crippen LogP contribution is -2.34. The van der Waals surface area contributed by atoms with E-state index in [1.54, 1.807) is 4.68 Å². The van der Waals surface area contributed by atoms with Gasteiger partial charge in [0.25, 0.3) is 0 Å². The molecule has 0 fully saturated rings. The summed E-state index contributed by atoms with van der Waals surface area (Å²) in [6.07, 6.45) is 0.920. The molecule has 1 atom stereocenters. The van der Waals surface area contributed by atoms with Crippen molar-refractivity contribution in [3.05, 3.63) is 36.2 Å². The molecule has 1 aromatic heterocycles. The SMILES string of the molecule is CC(C)CC(CO)NCc1nnnn1-c1ccccc1. The molecule has 0 saturated heterocycles. The zero-order valence-corrected chi connectivity index (χ0v) is 11.9. The second-order valence-corrected chi connectivity index (χ2v) is 5.23. The van der Waals surface area contributed by atoms with Crippen LogP contribution in [0.25, 0.3) is 5.69 Å². The van der Waals surface area contributed by atoms with Crippen LogP contribution in [0.1, 0.15) is 26.1 Å². The Balaban J connectivity index is 2.02. The molecule has 2 aromatic rings. The van der Waals surface area contributed by atoms with Crippen molar-refractivity contribution in [1.82, 2.24) is 25.5 Å². The molecule has 20 heavy (non-hydrogen) atoms. The molecular formula is C14H21N5O. The summed E-state index contributed by atoms with van der Waals surface area (Å²) >= 11 is 0. The molecule has 0 aliphatic rings. The van der Waals surface area contributed by atoms with Crippen LogP contribution in [-0.2, 0) is 6.54 Å².